The molecule has 2 rings (SSSR count). The third-order valence-corrected chi connectivity index (χ3v) is 1.97. The summed E-state index contributed by atoms with van der Waals surface area (Å²) in [6, 6.07) is 3.82. The van der Waals surface area contributed by atoms with Gasteiger partial charge in [-0.05, 0) is 19.1 Å². The molecule has 1 aromatic carbocycles. The van der Waals surface area contributed by atoms with Gasteiger partial charge in [0.15, 0.2) is 17.5 Å². The Balaban J connectivity index is 2.91. The van der Waals surface area contributed by atoms with Crippen molar-refractivity contribution in [2.75, 3.05) is 0 Å². The predicted octanol–water partition coefficient (Wildman–Crippen LogP) is 2.96. The second-order valence-corrected chi connectivity index (χ2v) is 3.01. The molecule has 1 heterocycles. The van der Waals surface area contributed by atoms with Crippen LogP contribution in [0.2, 0.25) is 0 Å². The van der Waals surface area contributed by atoms with Crippen molar-refractivity contribution in [1.82, 2.24) is 4.98 Å². The first-order valence-corrected chi connectivity index (χ1v) is 4.00. The van der Waals surface area contributed by atoms with Gasteiger partial charge >= 0.3 is 0 Å². The lowest BCUT2D eigenvalue weighted by molar-refractivity contribution is 0.453. The van der Waals surface area contributed by atoms with E-state index in [-0.39, 0.29) is 10.9 Å². The Bertz CT molecular complexity index is 508. The molecule has 0 aliphatic rings. The van der Waals surface area contributed by atoms with Gasteiger partial charge in [0.1, 0.15) is 0 Å². The molecule has 14 heavy (non-hydrogen) atoms. The van der Waals surface area contributed by atoms with E-state index in [0.717, 1.165) is 6.07 Å². The Morgan fingerprint density at radius 3 is 2.50 bits per heavy atom. The van der Waals surface area contributed by atoms with Gasteiger partial charge in [0.2, 0.25) is 0 Å². The summed E-state index contributed by atoms with van der Waals surface area (Å²) in [4.78, 5) is 3.89. The third kappa shape index (κ3) is 1.23. The molecule has 0 fully saturated rings. The van der Waals surface area contributed by atoms with Crippen molar-refractivity contribution in [3.05, 3.63) is 41.3 Å². The summed E-state index contributed by atoms with van der Waals surface area (Å²) in [5, 5.41) is -0.00509. The van der Waals surface area contributed by atoms with E-state index in [1.807, 2.05) is 0 Å². The first-order chi connectivity index (χ1) is 6.59. The molecule has 0 amide bonds. The molecule has 0 unspecified atom stereocenters. The number of fused-ring (bicyclic) bond motifs is 1. The number of aromatic nitrogens is 1. The summed E-state index contributed by atoms with van der Waals surface area (Å²) in [7, 11) is 0. The van der Waals surface area contributed by atoms with Gasteiger partial charge in [0.05, 0.1) is 5.52 Å². The molecule has 1 nitrogen and oxygen atoms in total. The molecule has 0 aliphatic carbocycles. The molecule has 0 spiro atoms. The number of aryl methyl sites for hydroxylation is 1. The van der Waals surface area contributed by atoms with Gasteiger partial charge in [-0.15, -0.1) is 0 Å². The van der Waals surface area contributed by atoms with Crippen molar-refractivity contribution in [2.45, 2.75) is 6.92 Å². The largest absolute Gasteiger partial charge is 0.253 e. The van der Waals surface area contributed by atoms with E-state index in [2.05, 4.69) is 4.98 Å². The number of hydrogen-bond acceptors (Lipinski definition) is 1. The van der Waals surface area contributed by atoms with Crippen molar-refractivity contribution in [3.8, 4) is 0 Å². The van der Waals surface area contributed by atoms with Gasteiger partial charge in [0.25, 0.3) is 0 Å². The molecule has 0 N–H and O–H groups in total. The highest BCUT2D eigenvalue weighted by Gasteiger charge is 2.13. The topological polar surface area (TPSA) is 12.9 Å². The lowest BCUT2D eigenvalue weighted by Crippen LogP contribution is -1.94. The molecule has 0 atom stereocenters. The average Bonchev–Trinajstić information content (AvgIpc) is 2.14. The minimum Gasteiger partial charge on any atom is -0.253 e. The van der Waals surface area contributed by atoms with Crippen LogP contribution in [0.3, 0.4) is 0 Å². The normalized spacial score (nSPS) is 10.9. The van der Waals surface area contributed by atoms with Crippen molar-refractivity contribution in [1.29, 1.82) is 0 Å². The Morgan fingerprint density at radius 1 is 1.07 bits per heavy atom. The van der Waals surface area contributed by atoms with E-state index in [1.165, 1.54) is 6.07 Å². The van der Waals surface area contributed by atoms with E-state index in [1.54, 1.807) is 13.0 Å². The lowest BCUT2D eigenvalue weighted by Gasteiger charge is -2.01. The standard InChI is InChI=1S/C10H6F3N/c1-5-2-3-6-8(14-5)4-7(11)10(13)9(6)12/h2-4H,1H3. The molecule has 1 aromatic heterocycles. The fourth-order valence-corrected chi connectivity index (χ4v) is 1.28. The smallest absolute Gasteiger partial charge is 0.195 e. The Morgan fingerprint density at radius 2 is 1.79 bits per heavy atom. The van der Waals surface area contributed by atoms with Crippen molar-refractivity contribution in [2.24, 2.45) is 0 Å². The molecule has 4 heteroatoms. The van der Waals surface area contributed by atoms with Gasteiger partial charge in [-0.3, -0.25) is 4.98 Å². The lowest BCUT2D eigenvalue weighted by atomic mass is 10.2. The van der Waals surface area contributed by atoms with Crippen molar-refractivity contribution >= 4 is 10.9 Å². The molecule has 0 saturated heterocycles. The summed E-state index contributed by atoms with van der Waals surface area (Å²) in [5.74, 6) is -3.86. The minimum absolute atomic E-state index is 0.00509. The SMILES string of the molecule is Cc1ccc2c(F)c(F)c(F)cc2n1. The molecule has 0 radical (unpaired) electrons. The van der Waals surface area contributed by atoms with Crippen LogP contribution in [-0.4, -0.2) is 4.98 Å². The highest BCUT2D eigenvalue weighted by molar-refractivity contribution is 5.79. The Labute approximate surface area is 78.2 Å². The monoisotopic (exact) mass is 197 g/mol. The zero-order valence-corrected chi connectivity index (χ0v) is 7.31. The van der Waals surface area contributed by atoms with E-state index in [4.69, 9.17) is 0 Å². The van der Waals surface area contributed by atoms with Crippen molar-refractivity contribution in [3.63, 3.8) is 0 Å². The average molecular weight is 197 g/mol. The molecule has 0 saturated carbocycles. The van der Waals surface area contributed by atoms with Crippen LogP contribution >= 0.6 is 0 Å². The van der Waals surface area contributed by atoms with Gasteiger partial charge in [-0.25, -0.2) is 13.2 Å². The van der Waals surface area contributed by atoms with Crippen molar-refractivity contribution < 1.29 is 13.2 Å². The molecule has 0 bridgehead atoms. The molecular weight excluding hydrogens is 191 g/mol. The van der Waals surface area contributed by atoms with Gasteiger partial charge in [0, 0.05) is 17.1 Å². The number of halogens is 3. The second kappa shape index (κ2) is 2.97. The highest BCUT2D eigenvalue weighted by Crippen LogP contribution is 2.21. The summed E-state index contributed by atoms with van der Waals surface area (Å²) in [6.07, 6.45) is 0. The molecule has 72 valence electrons. The van der Waals surface area contributed by atoms with Crippen LogP contribution in [0, 0.1) is 24.4 Å². The van der Waals surface area contributed by atoms with Gasteiger partial charge in [-0.2, -0.15) is 0 Å². The van der Waals surface area contributed by atoms with Crippen LogP contribution < -0.4 is 0 Å². The summed E-state index contributed by atoms with van der Waals surface area (Å²) >= 11 is 0. The number of benzene rings is 1. The van der Waals surface area contributed by atoms with Crippen LogP contribution in [-0.2, 0) is 0 Å². The van der Waals surface area contributed by atoms with E-state index < -0.39 is 17.5 Å². The van der Waals surface area contributed by atoms with Crippen LogP contribution in [0.4, 0.5) is 13.2 Å². The summed E-state index contributed by atoms with van der Waals surface area (Å²) < 4.78 is 38.7. The van der Waals surface area contributed by atoms with Crippen LogP contribution in [0.25, 0.3) is 10.9 Å². The third-order valence-electron chi connectivity index (χ3n) is 1.97. The number of nitrogens with zero attached hydrogens (tertiary/aromatic N) is 1. The first-order valence-electron chi connectivity index (χ1n) is 4.00. The Hall–Kier alpha value is -1.58. The minimum atomic E-state index is -1.46. The van der Waals surface area contributed by atoms with Gasteiger partial charge < -0.3 is 0 Å². The maximum Gasteiger partial charge on any atom is 0.195 e. The van der Waals surface area contributed by atoms with Crippen LogP contribution in [0.15, 0.2) is 18.2 Å². The molecular formula is C10H6F3N. The number of pyridine rings is 1. The zero-order valence-electron chi connectivity index (χ0n) is 7.31. The van der Waals surface area contributed by atoms with Crippen LogP contribution in [0.1, 0.15) is 5.69 Å². The number of hydrogen-bond donors (Lipinski definition) is 0. The molecule has 0 aliphatic heterocycles. The Kier molecular flexibility index (Phi) is 1.91. The maximum absolute atomic E-state index is 13.1. The van der Waals surface area contributed by atoms with E-state index in [0.29, 0.717) is 5.69 Å². The highest BCUT2D eigenvalue weighted by atomic mass is 19.2. The quantitative estimate of drug-likeness (QED) is 0.591. The summed E-state index contributed by atoms with van der Waals surface area (Å²) in [5.41, 5.74) is 0.754. The first kappa shape index (κ1) is 8.99. The predicted molar refractivity (Wildman–Crippen MR) is 46.4 cm³/mol. The van der Waals surface area contributed by atoms with Gasteiger partial charge in [-0.1, -0.05) is 0 Å². The van der Waals surface area contributed by atoms with E-state index in [9.17, 15) is 13.2 Å². The fraction of sp³-hybridized carbons (Fsp3) is 0.100. The summed E-state index contributed by atoms with van der Waals surface area (Å²) in [6.45, 7) is 1.69. The molecule has 2 aromatic rings. The van der Waals surface area contributed by atoms with E-state index >= 15 is 0 Å². The number of rotatable bonds is 0. The zero-order chi connectivity index (χ0) is 10.3. The van der Waals surface area contributed by atoms with Crippen LogP contribution in [0.5, 0.6) is 0 Å². The maximum atomic E-state index is 13.1. The second-order valence-electron chi connectivity index (χ2n) is 3.01. The fourth-order valence-electron chi connectivity index (χ4n) is 1.28.